The topological polar surface area (TPSA) is 53.5 Å². The monoisotopic (exact) mass is 224 g/mol. The van der Waals surface area contributed by atoms with Gasteiger partial charge in [-0.3, -0.25) is 4.79 Å². The summed E-state index contributed by atoms with van der Waals surface area (Å²) in [6.07, 6.45) is 0.863. The Morgan fingerprint density at radius 3 is 2.92 bits per heavy atom. The van der Waals surface area contributed by atoms with Gasteiger partial charge in [0.25, 0.3) is 5.78 Å². The van der Waals surface area contributed by atoms with Crippen molar-refractivity contribution in [3.63, 3.8) is 0 Å². The van der Waals surface area contributed by atoms with Gasteiger partial charge in [0, 0.05) is 10.0 Å². The van der Waals surface area contributed by atoms with E-state index in [0.29, 0.717) is 5.56 Å². The molecule has 1 rings (SSSR count). The lowest BCUT2D eigenvalue weighted by atomic mass is 10.1. The lowest BCUT2D eigenvalue weighted by molar-refractivity contribution is 0.00235. The third kappa shape index (κ3) is 2.12. The fraction of sp³-hybridized carbons (Fsp3) is 0. The molecule has 1 aromatic carbocycles. The lowest BCUT2D eigenvalue weighted by Gasteiger charge is -1.91. The van der Waals surface area contributed by atoms with E-state index in [2.05, 4.69) is 20.7 Å². The Hall–Kier alpha value is -1.25. The molecular formula is C8H5BrN2O. The van der Waals surface area contributed by atoms with Crippen LogP contribution in [0, 0.1) is 0 Å². The van der Waals surface area contributed by atoms with E-state index in [4.69, 9.17) is 5.53 Å². The number of hydrogen-bond acceptors (Lipinski definition) is 1. The minimum absolute atomic E-state index is 0.321. The molecule has 0 saturated carbocycles. The van der Waals surface area contributed by atoms with Gasteiger partial charge in [-0.2, -0.15) is 4.79 Å². The highest BCUT2D eigenvalue weighted by Crippen LogP contribution is 2.11. The highest BCUT2D eigenvalue weighted by Gasteiger charge is 2.05. The van der Waals surface area contributed by atoms with Crippen LogP contribution in [0.5, 0.6) is 0 Å². The van der Waals surface area contributed by atoms with Crippen molar-refractivity contribution in [3.05, 3.63) is 39.8 Å². The largest absolute Gasteiger partial charge is 0.361 e. The molecule has 1 aromatic rings. The maximum absolute atomic E-state index is 11.1. The van der Waals surface area contributed by atoms with Crippen LogP contribution in [0.4, 0.5) is 0 Å². The molecule has 0 N–H and O–H groups in total. The molecule has 0 bridgehead atoms. The molecule has 0 radical (unpaired) electrons. The van der Waals surface area contributed by atoms with Crippen LogP contribution in [-0.4, -0.2) is 16.8 Å². The van der Waals surface area contributed by atoms with Gasteiger partial charge in [0.2, 0.25) is 0 Å². The Labute approximate surface area is 77.8 Å². The molecular weight excluding hydrogens is 220 g/mol. The number of hydrogen-bond donors (Lipinski definition) is 0. The lowest BCUT2D eigenvalue weighted by Crippen LogP contribution is -2.00. The summed E-state index contributed by atoms with van der Waals surface area (Å²) in [6.45, 7) is 0. The van der Waals surface area contributed by atoms with Crippen LogP contribution >= 0.6 is 15.9 Å². The van der Waals surface area contributed by atoms with Gasteiger partial charge in [0.15, 0.2) is 0 Å². The molecule has 0 amide bonds. The molecule has 12 heavy (non-hydrogen) atoms. The second-order valence-electron chi connectivity index (χ2n) is 2.12. The third-order valence-corrected chi connectivity index (χ3v) is 1.78. The Morgan fingerprint density at radius 2 is 2.33 bits per heavy atom. The summed E-state index contributed by atoms with van der Waals surface area (Å²) in [5, 5.41) is 0. The highest BCUT2D eigenvalue weighted by atomic mass is 79.9. The van der Waals surface area contributed by atoms with Crippen molar-refractivity contribution in [2.45, 2.75) is 0 Å². The zero-order valence-corrected chi connectivity index (χ0v) is 7.65. The van der Waals surface area contributed by atoms with Crippen molar-refractivity contribution in [2.75, 3.05) is 0 Å². The van der Waals surface area contributed by atoms with Crippen molar-refractivity contribution in [2.24, 2.45) is 0 Å². The van der Waals surface area contributed by atoms with Gasteiger partial charge in [-0.05, 0) is 12.1 Å². The second-order valence-corrected chi connectivity index (χ2v) is 3.03. The Kier molecular flexibility index (Phi) is 2.91. The van der Waals surface area contributed by atoms with E-state index >= 15 is 0 Å². The summed E-state index contributed by atoms with van der Waals surface area (Å²) in [5.74, 6) is -0.321. The molecule has 0 aliphatic carbocycles. The fourth-order valence-electron chi connectivity index (χ4n) is 0.769. The van der Waals surface area contributed by atoms with Gasteiger partial charge < -0.3 is 5.53 Å². The summed E-state index contributed by atoms with van der Waals surface area (Å²) < 4.78 is 0.819. The van der Waals surface area contributed by atoms with Crippen LogP contribution in [-0.2, 0) is 0 Å². The Bertz CT molecular complexity index is 356. The van der Waals surface area contributed by atoms with Gasteiger partial charge in [-0.1, -0.05) is 28.1 Å². The molecule has 0 heterocycles. The number of halogens is 1. The summed E-state index contributed by atoms with van der Waals surface area (Å²) in [4.78, 5) is 13.7. The Balaban J connectivity index is 3.03. The van der Waals surface area contributed by atoms with E-state index in [-0.39, 0.29) is 5.78 Å². The van der Waals surface area contributed by atoms with Crippen molar-refractivity contribution in [3.8, 4) is 0 Å². The van der Waals surface area contributed by atoms with Crippen LogP contribution in [0.3, 0.4) is 0 Å². The minimum Gasteiger partial charge on any atom is -0.361 e. The first kappa shape index (κ1) is 8.84. The summed E-state index contributed by atoms with van der Waals surface area (Å²) >= 11 is 3.22. The highest BCUT2D eigenvalue weighted by molar-refractivity contribution is 9.10. The van der Waals surface area contributed by atoms with Gasteiger partial charge in [-0.25, -0.2) is 0 Å². The first-order valence-electron chi connectivity index (χ1n) is 3.21. The van der Waals surface area contributed by atoms with Crippen LogP contribution in [0.15, 0.2) is 28.7 Å². The number of rotatable bonds is 2. The predicted molar refractivity (Wildman–Crippen MR) is 48.2 cm³/mol. The average Bonchev–Trinajstić information content (AvgIpc) is 2.05. The second kappa shape index (κ2) is 3.95. The summed E-state index contributed by atoms with van der Waals surface area (Å²) in [6, 6.07) is 6.86. The molecule has 0 aliphatic rings. The van der Waals surface area contributed by atoms with Crippen LogP contribution < -0.4 is 0 Å². The quantitative estimate of drug-likeness (QED) is 0.328. The molecule has 4 heteroatoms. The molecule has 0 saturated heterocycles. The molecule has 3 nitrogen and oxygen atoms in total. The van der Waals surface area contributed by atoms with E-state index in [1.54, 1.807) is 18.2 Å². The van der Waals surface area contributed by atoms with Crippen molar-refractivity contribution in [1.29, 1.82) is 0 Å². The smallest absolute Gasteiger partial charge is 0.328 e. The zero-order valence-electron chi connectivity index (χ0n) is 6.07. The van der Waals surface area contributed by atoms with E-state index in [1.807, 2.05) is 6.07 Å². The van der Waals surface area contributed by atoms with Gasteiger partial charge >= 0.3 is 6.21 Å². The molecule has 60 valence electrons. The average molecular weight is 225 g/mol. The molecule has 0 aliphatic heterocycles. The molecule has 0 spiro atoms. The van der Waals surface area contributed by atoms with E-state index < -0.39 is 0 Å². The van der Waals surface area contributed by atoms with E-state index in [9.17, 15) is 4.79 Å². The number of carbonyl (C=O) groups is 1. The molecule has 0 aromatic heterocycles. The Morgan fingerprint density at radius 1 is 1.58 bits per heavy atom. The first-order chi connectivity index (χ1) is 5.74. The molecule has 0 atom stereocenters. The standard InChI is InChI=1S/C8H5BrN2O/c9-7-3-1-2-6(4-7)8(12)5-11-10/h1-5H. The van der Waals surface area contributed by atoms with E-state index in [1.165, 1.54) is 0 Å². The maximum Gasteiger partial charge on any atom is 0.328 e. The maximum atomic E-state index is 11.1. The zero-order chi connectivity index (χ0) is 8.97. The predicted octanol–water partition coefficient (Wildman–Crippen LogP) is 1.93. The van der Waals surface area contributed by atoms with Crippen LogP contribution in [0.1, 0.15) is 10.4 Å². The fourth-order valence-corrected chi connectivity index (χ4v) is 1.17. The normalized spacial score (nSPS) is 8.75. The van der Waals surface area contributed by atoms with Gasteiger partial charge in [0.1, 0.15) is 0 Å². The van der Waals surface area contributed by atoms with Gasteiger partial charge in [0.05, 0.1) is 0 Å². The number of Topliss-reactive ketones (excluding diaryl/α,β-unsaturated/α-hetero) is 1. The van der Waals surface area contributed by atoms with Gasteiger partial charge in [-0.15, -0.1) is 0 Å². The third-order valence-electron chi connectivity index (χ3n) is 1.28. The van der Waals surface area contributed by atoms with Crippen molar-refractivity contribution >= 4 is 27.9 Å². The number of carbonyl (C=O) groups excluding carboxylic acids is 1. The number of nitrogens with zero attached hydrogens (tertiary/aromatic N) is 2. The van der Waals surface area contributed by atoms with E-state index in [0.717, 1.165) is 10.7 Å². The van der Waals surface area contributed by atoms with Crippen LogP contribution in [0.25, 0.3) is 5.53 Å². The van der Waals surface area contributed by atoms with Crippen molar-refractivity contribution in [1.82, 2.24) is 0 Å². The summed E-state index contributed by atoms with van der Waals surface area (Å²) in [7, 11) is 0. The summed E-state index contributed by atoms with van der Waals surface area (Å²) in [5.41, 5.74) is 8.59. The van der Waals surface area contributed by atoms with Crippen LogP contribution in [0.2, 0.25) is 0 Å². The number of benzene rings is 1. The van der Waals surface area contributed by atoms with Crippen molar-refractivity contribution < 1.29 is 9.58 Å². The number of ketones is 1. The molecule has 0 fully saturated rings. The first-order valence-corrected chi connectivity index (χ1v) is 4.00. The SMILES string of the molecule is [N-]=[N+]=CC(=O)c1cccc(Br)c1. The molecule has 0 unspecified atom stereocenters. The minimum atomic E-state index is -0.321.